The molecule has 1 N–H and O–H groups in total. The van der Waals surface area contributed by atoms with Gasteiger partial charge in [-0.1, -0.05) is 24.3 Å². The highest BCUT2D eigenvalue weighted by molar-refractivity contribution is 6.11. The maximum absolute atomic E-state index is 13.2. The number of rotatable bonds is 4. The Morgan fingerprint density at radius 3 is 2.30 bits per heavy atom. The van der Waals surface area contributed by atoms with Crippen LogP contribution in [0.2, 0.25) is 0 Å². The Labute approximate surface area is 172 Å². The summed E-state index contributed by atoms with van der Waals surface area (Å²) in [6.07, 6.45) is 0.778. The van der Waals surface area contributed by atoms with Crippen molar-refractivity contribution in [2.24, 2.45) is 9.98 Å². The Hall–Kier alpha value is -3.51. The summed E-state index contributed by atoms with van der Waals surface area (Å²) in [6, 6.07) is 17.2. The predicted molar refractivity (Wildman–Crippen MR) is 118 cm³/mol. The molecule has 0 unspecified atom stereocenters. The van der Waals surface area contributed by atoms with Crippen molar-refractivity contribution in [3.63, 3.8) is 0 Å². The first-order chi connectivity index (χ1) is 14.5. The first-order valence-corrected chi connectivity index (χ1v) is 10.0. The summed E-state index contributed by atoms with van der Waals surface area (Å²) in [5.41, 5.74) is -0.171. The smallest absolute Gasteiger partial charge is 0.261 e. The second-order valence-electron chi connectivity index (χ2n) is 7.86. The molecule has 2 heterocycles. The molecule has 0 spiro atoms. The van der Waals surface area contributed by atoms with E-state index in [2.05, 4.69) is 14.9 Å². The fourth-order valence-electron chi connectivity index (χ4n) is 4.13. The zero-order chi connectivity index (χ0) is 20.8. The fourth-order valence-corrected chi connectivity index (χ4v) is 4.13. The molecule has 1 aliphatic heterocycles. The van der Waals surface area contributed by atoms with Gasteiger partial charge in [0.1, 0.15) is 0 Å². The van der Waals surface area contributed by atoms with Gasteiger partial charge in [-0.3, -0.25) is 9.36 Å². The minimum Gasteiger partial charge on any atom is -0.494 e. The minimum absolute atomic E-state index is 0.0163. The van der Waals surface area contributed by atoms with Crippen molar-refractivity contribution < 1.29 is 5.11 Å². The highest BCUT2D eigenvalue weighted by Gasteiger charge is 2.16. The number of nitrogens with zero attached hydrogens (tertiary/aromatic N) is 4. The van der Waals surface area contributed by atoms with Gasteiger partial charge in [0.25, 0.3) is 5.56 Å². The molecule has 0 fully saturated rings. The van der Waals surface area contributed by atoms with Crippen molar-refractivity contribution in [1.29, 1.82) is 0 Å². The molecule has 3 aromatic carbocycles. The van der Waals surface area contributed by atoms with Gasteiger partial charge in [0.2, 0.25) is 5.88 Å². The number of pyridine rings is 1. The van der Waals surface area contributed by atoms with Crippen molar-refractivity contribution >= 4 is 27.4 Å². The third-order valence-corrected chi connectivity index (χ3v) is 5.58. The van der Waals surface area contributed by atoms with Crippen LogP contribution in [0.5, 0.6) is 5.88 Å². The molecule has 4 aromatic rings. The molecule has 0 saturated heterocycles. The van der Waals surface area contributed by atoms with Crippen LogP contribution in [-0.2, 0) is 6.54 Å². The summed E-state index contributed by atoms with van der Waals surface area (Å²) in [4.78, 5) is 24.6. The van der Waals surface area contributed by atoms with Crippen molar-refractivity contribution in [1.82, 2.24) is 9.47 Å². The summed E-state index contributed by atoms with van der Waals surface area (Å²) in [7, 11) is 3.99. The lowest BCUT2D eigenvalue weighted by Gasteiger charge is -2.15. The Balaban J connectivity index is 1.79. The number of aromatic nitrogens is 1. The van der Waals surface area contributed by atoms with E-state index in [1.807, 2.05) is 68.7 Å². The number of aromatic hydroxyl groups is 1. The monoisotopic (exact) mass is 398 g/mol. The van der Waals surface area contributed by atoms with E-state index in [1.165, 1.54) is 4.57 Å². The van der Waals surface area contributed by atoms with Crippen LogP contribution >= 0.6 is 0 Å². The molecule has 6 heteroatoms. The molecule has 1 aliphatic rings. The SMILES string of the molecule is CN(C)CCCn1c(O)c2cccc3c(=C4N=c5ccccc5=N4)ccc(c1=O)c23. The molecule has 0 aliphatic carbocycles. The normalized spacial score (nSPS) is 13.1. The lowest BCUT2D eigenvalue weighted by molar-refractivity contribution is 0.365. The average Bonchev–Trinajstić information content (AvgIpc) is 3.17. The summed E-state index contributed by atoms with van der Waals surface area (Å²) in [6.45, 7) is 1.31. The highest BCUT2D eigenvalue weighted by atomic mass is 16.3. The van der Waals surface area contributed by atoms with Crippen LogP contribution < -0.4 is 21.5 Å². The highest BCUT2D eigenvalue weighted by Crippen LogP contribution is 2.29. The Bertz CT molecular complexity index is 1500. The van der Waals surface area contributed by atoms with Gasteiger partial charge < -0.3 is 10.0 Å². The van der Waals surface area contributed by atoms with E-state index >= 15 is 0 Å². The van der Waals surface area contributed by atoms with Crippen LogP contribution in [0.3, 0.4) is 0 Å². The zero-order valence-corrected chi connectivity index (χ0v) is 17.0. The predicted octanol–water partition coefficient (Wildman–Crippen LogP) is 1.55. The number of para-hydroxylation sites is 2. The van der Waals surface area contributed by atoms with Crippen LogP contribution in [-0.4, -0.2) is 35.2 Å². The molecule has 0 amide bonds. The molecule has 150 valence electrons. The van der Waals surface area contributed by atoms with E-state index in [0.717, 1.165) is 39.7 Å². The molecule has 6 nitrogen and oxygen atoms in total. The summed E-state index contributed by atoms with van der Waals surface area (Å²) >= 11 is 0. The van der Waals surface area contributed by atoms with Gasteiger partial charge in [0.05, 0.1) is 10.7 Å². The van der Waals surface area contributed by atoms with E-state index in [1.54, 1.807) is 0 Å². The largest absolute Gasteiger partial charge is 0.494 e. The number of fused-ring (bicyclic) bond motifs is 1. The van der Waals surface area contributed by atoms with Gasteiger partial charge in [-0.15, -0.1) is 0 Å². The zero-order valence-electron chi connectivity index (χ0n) is 17.0. The van der Waals surface area contributed by atoms with Crippen LogP contribution in [0.25, 0.3) is 27.4 Å². The summed E-state index contributed by atoms with van der Waals surface area (Å²) in [5.74, 6) is 0.642. The molecule has 0 bridgehead atoms. The van der Waals surface area contributed by atoms with Gasteiger partial charge in [-0.05, 0) is 62.8 Å². The lowest BCUT2D eigenvalue weighted by Crippen LogP contribution is -2.24. The second kappa shape index (κ2) is 7.07. The maximum Gasteiger partial charge on any atom is 0.261 e. The number of benzene rings is 3. The minimum atomic E-state index is -0.171. The van der Waals surface area contributed by atoms with Crippen molar-refractivity contribution in [2.75, 3.05) is 20.6 Å². The van der Waals surface area contributed by atoms with Gasteiger partial charge in [-0.25, -0.2) is 9.98 Å². The van der Waals surface area contributed by atoms with Gasteiger partial charge in [-0.2, -0.15) is 0 Å². The van der Waals surface area contributed by atoms with Gasteiger partial charge >= 0.3 is 0 Å². The molecule has 5 rings (SSSR count). The summed E-state index contributed by atoms with van der Waals surface area (Å²) < 4.78 is 1.48. The molecular weight excluding hydrogens is 376 g/mol. The average molecular weight is 398 g/mol. The summed E-state index contributed by atoms with van der Waals surface area (Å²) in [5, 5.41) is 16.4. The standard InChI is InChI=1S/C24H22N4O2/c1-27(2)13-6-14-28-23(29)17-8-5-7-15-16(11-12-18(21(15)17)24(28)30)22-25-19-9-3-4-10-20(19)26-22/h3-5,7-12,29H,6,13-14H2,1-2H3. The third-order valence-electron chi connectivity index (χ3n) is 5.58. The van der Waals surface area contributed by atoms with Crippen LogP contribution in [0.1, 0.15) is 6.42 Å². The van der Waals surface area contributed by atoms with Crippen molar-refractivity contribution in [3.8, 4) is 5.88 Å². The van der Waals surface area contributed by atoms with E-state index in [9.17, 15) is 9.90 Å². The van der Waals surface area contributed by atoms with E-state index in [0.29, 0.717) is 23.1 Å². The molecule has 30 heavy (non-hydrogen) atoms. The van der Waals surface area contributed by atoms with E-state index < -0.39 is 0 Å². The lowest BCUT2D eigenvalue weighted by atomic mass is 10.0. The molecule has 0 atom stereocenters. The third kappa shape index (κ3) is 2.88. The van der Waals surface area contributed by atoms with Crippen LogP contribution in [0.4, 0.5) is 0 Å². The Kier molecular flexibility index (Phi) is 4.37. The topological polar surface area (TPSA) is 70.2 Å². The quantitative estimate of drug-likeness (QED) is 0.567. The van der Waals surface area contributed by atoms with E-state index in [4.69, 9.17) is 0 Å². The first-order valence-electron chi connectivity index (χ1n) is 10.0. The van der Waals surface area contributed by atoms with Crippen LogP contribution in [0.15, 0.2) is 69.4 Å². The molecule has 0 saturated carbocycles. The Morgan fingerprint density at radius 2 is 1.60 bits per heavy atom. The first kappa shape index (κ1) is 18.5. The fraction of sp³-hybridized carbons (Fsp3) is 0.208. The van der Waals surface area contributed by atoms with Crippen LogP contribution in [0, 0.1) is 0 Å². The second-order valence-corrected chi connectivity index (χ2v) is 7.86. The van der Waals surface area contributed by atoms with E-state index in [-0.39, 0.29) is 11.4 Å². The van der Waals surface area contributed by atoms with Crippen molar-refractivity contribution in [3.05, 3.63) is 80.9 Å². The molecular formula is C24H22N4O2. The number of hydrogen-bond acceptors (Lipinski definition) is 5. The number of hydrogen-bond donors (Lipinski definition) is 1. The van der Waals surface area contributed by atoms with Gasteiger partial charge in [0.15, 0.2) is 5.82 Å². The Morgan fingerprint density at radius 1 is 0.900 bits per heavy atom. The maximum atomic E-state index is 13.2. The molecule has 0 radical (unpaired) electrons. The van der Waals surface area contributed by atoms with Crippen molar-refractivity contribution in [2.45, 2.75) is 13.0 Å². The molecule has 1 aromatic heterocycles. The van der Waals surface area contributed by atoms with Gasteiger partial charge in [0, 0.05) is 27.9 Å².